The fourth-order valence-corrected chi connectivity index (χ4v) is 3.32. The van der Waals surface area contributed by atoms with Crippen molar-refractivity contribution >= 4 is 12.2 Å². The molecule has 4 rings (SSSR count). The minimum atomic E-state index is -0.812. The van der Waals surface area contributed by atoms with Crippen molar-refractivity contribution in [2.24, 2.45) is 0 Å². The molecule has 3 nitrogen and oxygen atoms in total. The summed E-state index contributed by atoms with van der Waals surface area (Å²) >= 11 is 0. The molecule has 22 heavy (non-hydrogen) atoms. The topological polar surface area (TPSA) is 38.7 Å². The highest BCUT2D eigenvalue weighted by Crippen LogP contribution is 2.44. The molecule has 3 heteroatoms. The second-order valence-electron chi connectivity index (χ2n) is 5.63. The average Bonchev–Trinajstić information content (AvgIpc) is 2.99. The largest absolute Gasteiger partial charge is 0.396 e. The predicted molar refractivity (Wildman–Crippen MR) is 85.3 cm³/mol. The molecule has 1 saturated heterocycles. The summed E-state index contributed by atoms with van der Waals surface area (Å²) in [6, 6.07) is 14.4. The molecule has 1 spiro atoms. The number of hydrogen-bond acceptors (Lipinski definition) is 3. The molecule has 1 aliphatic heterocycles. The highest BCUT2D eigenvalue weighted by atomic mass is 16.7. The van der Waals surface area contributed by atoms with Gasteiger partial charge in [-0.3, -0.25) is 0 Å². The average molecular weight is 294 g/mol. The Bertz CT molecular complexity index is 727. The summed E-state index contributed by atoms with van der Waals surface area (Å²) in [5, 5.41) is 9.16. The van der Waals surface area contributed by atoms with Gasteiger partial charge in [0.15, 0.2) is 0 Å². The molecule has 1 heterocycles. The van der Waals surface area contributed by atoms with Crippen molar-refractivity contribution in [1.82, 2.24) is 0 Å². The molecule has 112 valence electrons. The molecule has 1 fully saturated rings. The van der Waals surface area contributed by atoms with E-state index in [1.165, 1.54) is 0 Å². The van der Waals surface area contributed by atoms with E-state index in [4.69, 9.17) is 14.6 Å². The zero-order valence-corrected chi connectivity index (χ0v) is 12.3. The van der Waals surface area contributed by atoms with E-state index >= 15 is 0 Å². The van der Waals surface area contributed by atoms with Crippen LogP contribution in [0.1, 0.15) is 27.8 Å². The van der Waals surface area contributed by atoms with E-state index in [1.807, 2.05) is 18.2 Å². The fourth-order valence-electron chi connectivity index (χ4n) is 3.32. The maximum atomic E-state index is 9.16. The fraction of sp³-hybridized carbons (Fsp3) is 0.263. The van der Waals surface area contributed by atoms with E-state index in [9.17, 15) is 0 Å². The maximum Gasteiger partial charge on any atom is 0.223 e. The van der Waals surface area contributed by atoms with Gasteiger partial charge in [0.05, 0.1) is 13.2 Å². The van der Waals surface area contributed by atoms with Crippen LogP contribution < -0.4 is 0 Å². The normalized spacial score (nSPS) is 18.0. The van der Waals surface area contributed by atoms with Crippen molar-refractivity contribution in [1.29, 1.82) is 0 Å². The number of hydrogen-bond donors (Lipinski definition) is 1. The smallest absolute Gasteiger partial charge is 0.223 e. The Morgan fingerprint density at radius 1 is 0.909 bits per heavy atom. The molecule has 1 N–H and O–H groups in total. The van der Waals surface area contributed by atoms with Crippen LogP contribution in [0.4, 0.5) is 0 Å². The lowest BCUT2D eigenvalue weighted by molar-refractivity contribution is -0.130. The van der Waals surface area contributed by atoms with Gasteiger partial charge in [0.1, 0.15) is 0 Å². The molecule has 0 radical (unpaired) electrons. The van der Waals surface area contributed by atoms with Gasteiger partial charge in [-0.25, -0.2) is 0 Å². The Morgan fingerprint density at radius 3 is 2.45 bits per heavy atom. The zero-order chi connectivity index (χ0) is 15.0. The van der Waals surface area contributed by atoms with Crippen LogP contribution in [0.25, 0.3) is 12.2 Å². The lowest BCUT2D eigenvalue weighted by Gasteiger charge is -2.30. The highest BCUT2D eigenvalue weighted by molar-refractivity contribution is 5.77. The van der Waals surface area contributed by atoms with E-state index in [0.29, 0.717) is 19.6 Å². The Balaban J connectivity index is 1.94. The minimum Gasteiger partial charge on any atom is -0.396 e. The standard InChI is InChI=1S/C19H18O3/c20-10-9-14-5-8-18-16(13-14)7-6-15-3-1-2-4-17(15)19(18)21-11-12-22-19/h1-8,13,20H,9-12H2. The van der Waals surface area contributed by atoms with E-state index in [0.717, 1.165) is 27.8 Å². The van der Waals surface area contributed by atoms with Crippen molar-refractivity contribution in [2.75, 3.05) is 19.8 Å². The Morgan fingerprint density at radius 2 is 1.64 bits per heavy atom. The summed E-state index contributed by atoms with van der Waals surface area (Å²) in [4.78, 5) is 0. The van der Waals surface area contributed by atoms with E-state index in [-0.39, 0.29) is 6.61 Å². The van der Waals surface area contributed by atoms with Crippen molar-refractivity contribution in [3.63, 3.8) is 0 Å². The number of aliphatic hydroxyl groups excluding tert-OH is 1. The van der Waals surface area contributed by atoms with Gasteiger partial charge in [-0.2, -0.15) is 0 Å². The molecule has 0 aromatic heterocycles. The van der Waals surface area contributed by atoms with Gasteiger partial charge in [-0.05, 0) is 23.1 Å². The van der Waals surface area contributed by atoms with Gasteiger partial charge < -0.3 is 14.6 Å². The molecule has 2 aliphatic rings. The molecule has 2 aromatic rings. The number of aliphatic hydroxyl groups is 1. The van der Waals surface area contributed by atoms with E-state index in [2.05, 4.69) is 36.4 Å². The van der Waals surface area contributed by atoms with Crippen LogP contribution in [-0.2, 0) is 21.7 Å². The Labute approximate surface area is 129 Å². The van der Waals surface area contributed by atoms with Crippen LogP contribution in [0.3, 0.4) is 0 Å². The van der Waals surface area contributed by atoms with Crippen molar-refractivity contribution in [2.45, 2.75) is 12.2 Å². The van der Waals surface area contributed by atoms with Crippen LogP contribution in [0.15, 0.2) is 42.5 Å². The summed E-state index contributed by atoms with van der Waals surface area (Å²) in [5.74, 6) is -0.812. The van der Waals surface area contributed by atoms with Gasteiger partial charge >= 0.3 is 0 Å². The first-order valence-electron chi connectivity index (χ1n) is 7.63. The monoisotopic (exact) mass is 294 g/mol. The summed E-state index contributed by atoms with van der Waals surface area (Å²) in [6.45, 7) is 1.33. The second-order valence-corrected chi connectivity index (χ2v) is 5.63. The number of fused-ring (bicyclic) bond motifs is 4. The van der Waals surface area contributed by atoms with Gasteiger partial charge in [0, 0.05) is 17.7 Å². The third-order valence-corrected chi connectivity index (χ3v) is 4.32. The van der Waals surface area contributed by atoms with Gasteiger partial charge in [0.2, 0.25) is 5.79 Å². The lowest BCUT2D eigenvalue weighted by atomic mass is 9.91. The molecule has 0 amide bonds. The van der Waals surface area contributed by atoms with Crippen molar-refractivity contribution < 1.29 is 14.6 Å². The van der Waals surface area contributed by atoms with Gasteiger partial charge in [-0.1, -0.05) is 54.6 Å². The Hall–Kier alpha value is -1.94. The molecule has 0 bridgehead atoms. The number of rotatable bonds is 2. The lowest BCUT2D eigenvalue weighted by Crippen LogP contribution is -2.30. The first-order valence-corrected chi connectivity index (χ1v) is 7.63. The first kappa shape index (κ1) is 13.7. The summed E-state index contributed by atoms with van der Waals surface area (Å²) in [5.41, 5.74) is 5.41. The summed E-state index contributed by atoms with van der Waals surface area (Å²) < 4.78 is 12.2. The van der Waals surface area contributed by atoms with Crippen molar-refractivity contribution in [3.8, 4) is 0 Å². The highest BCUT2D eigenvalue weighted by Gasteiger charge is 2.43. The van der Waals surface area contributed by atoms with Gasteiger partial charge in [-0.15, -0.1) is 0 Å². The molecule has 1 aliphatic carbocycles. The molecule has 2 aromatic carbocycles. The van der Waals surface area contributed by atoms with Crippen LogP contribution in [0.5, 0.6) is 0 Å². The maximum absolute atomic E-state index is 9.16. The van der Waals surface area contributed by atoms with Crippen LogP contribution in [0.2, 0.25) is 0 Å². The van der Waals surface area contributed by atoms with Crippen LogP contribution in [0, 0.1) is 0 Å². The molecule has 0 saturated carbocycles. The third-order valence-electron chi connectivity index (χ3n) is 4.32. The first-order chi connectivity index (χ1) is 10.8. The minimum absolute atomic E-state index is 0.154. The molecule has 0 unspecified atom stereocenters. The van der Waals surface area contributed by atoms with Gasteiger partial charge in [0.25, 0.3) is 0 Å². The van der Waals surface area contributed by atoms with E-state index < -0.39 is 5.79 Å². The zero-order valence-electron chi connectivity index (χ0n) is 12.3. The van der Waals surface area contributed by atoms with Crippen LogP contribution >= 0.6 is 0 Å². The van der Waals surface area contributed by atoms with E-state index in [1.54, 1.807) is 0 Å². The predicted octanol–water partition coefficient (Wildman–Crippen LogP) is 2.95. The quantitative estimate of drug-likeness (QED) is 0.925. The summed E-state index contributed by atoms with van der Waals surface area (Å²) in [6.07, 6.45) is 4.87. The van der Waals surface area contributed by atoms with Crippen LogP contribution in [-0.4, -0.2) is 24.9 Å². The second kappa shape index (κ2) is 5.36. The number of ether oxygens (including phenoxy) is 2. The molecule has 0 atom stereocenters. The van der Waals surface area contributed by atoms with Crippen molar-refractivity contribution in [3.05, 3.63) is 70.3 Å². The molecular formula is C19H18O3. The summed E-state index contributed by atoms with van der Waals surface area (Å²) in [7, 11) is 0. The third kappa shape index (κ3) is 2.02. The molecular weight excluding hydrogens is 276 g/mol. The SMILES string of the molecule is OCCc1ccc2c(c1)C=Cc1ccccc1C21OCCO1. The Kier molecular flexibility index (Phi) is 3.34. The number of benzene rings is 2.